The van der Waals surface area contributed by atoms with Crippen LogP contribution in [0.5, 0.6) is 0 Å². The van der Waals surface area contributed by atoms with E-state index in [-0.39, 0.29) is 17.5 Å². The Morgan fingerprint density at radius 1 is 1.37 bits per heavy atom. The number of amides is 2. The van der Waals surface area contributed by atoms with Gasteiger partial charge in [0.05, 0.1) is 11.7 Å². The van der Waals surface area contributed by atoms with Gasteiger partial charge in [0.2, 0.25) is 0 Å². The van der Waals surface area contributed by atoms with E-state index < -0.39 is 0 Å². The number of urea groups is 1. The number of carbonyl (C=O) groups is 1. The molecule has 0 aliphatic heterocycles. The molecule has 108 valence electrons. The van der Waals surface area contributed by atoms with Crippen molar-refractivity contribution in [1.82, 2.24) is 20.4 Å². The molecule has 0 spiro atoms. The van der Waals surface area contributed by atoms with E-state index in [4.69, 9.17) is 0 Å². The molecule has 2 amide bonds. The normalized spacial score (nSPS) is 13.2. The molecule has 0 fully saturated rings. The molecule has 1 aromatic rings. The topological polar surface area (TPSA) is 59.0 Å². The Labute approximate surface area is 115 Å². The first-order chi connectivity index (χ1) is 8.61. The van der Waals surface area contributed by atoms with E-state index in [0.717, 1.165) is 17.0 Å². The van der Waals surface area contributed by atoms with Crippen LogP contribution in [0.4, 0.5) is 4.79 Å². The molecular formula is C14H26N4O. The van der Waals surface area contributed by atoms with Crippen molar-refractivity contribution in [2.75, 3.05) is 6.54 Å². The fourth-order valence-corrected chi connectivity index (χ4v) is 2.08. The van der Waals surface area contributed by atoms with Crippen LogP contribution >= 0.6 is 0 Å². The fraction of sp³-hybridized carbons (Fsp3) is 0.714. The van der Waals surface area contributed by atoms with Crippen LogP contribution in [-0.4, -0.2) is 22.4 Å². The third kappa shape index (κ3) is 4.26. The third-order valence-electron chi connectivity index (χ3n) is 3.12. The summed E-state index contributed by atoms with van der Waals surface area (Å²) in [6, 6.07) is -0.182. The maximum Gasteiger partial charge on any atom is 0.315 e. The minimum Gasteiger partial charge on any atom is -0.338 e. The van der Waals surface area contributed by atoms with Gasteiger partial charge in [-0.15, -0.1) is 0 Å². The second-order valence-corrected chi connectivity index (χ2v) is 6.32. The zero-order valence-electron chi connectivity index (χ0n) is 13.1. The molecule has 5 heteroatoms. The monoisotopic (exact) mass is 266 g/mol. The van der Waals surface area contributed by atoms with Gasteiger partial charge in [-0.3, -0.25) is 4.68 Å². The molecule has 0 aromatic carbocycles. The van der Waals surface area contributed by atoms with E-state index in [9.17, 15) is 4.79 Å². The Hall–Kier alpha value is -1.52. The van der Waals surface area contributed by atoms with Crippen molar-refractivity contribution in [2.24, 2.45) is 12.5 Å². The van der Waals surface area contributed by atoms with Gasteiger partial charge >= 0.3 is 6.03 Å². The SMILES string of the molecule is Cc1nn(C)c(C)c1C(C)NC(=O)NCC(C)(C)C. The van der Waals surface area contributed by atoms with Gasteiger partial charge in [-0.1, -0.05) is 20.8 Å². The lowest BCUT2D eigenvalue weighted by molar-refractivity contribution is 0.232. The molecule has 19 heavy (non-hydrogen) atoms. The van der Waals surface area contributed by atoms with Gasteiger partial charge in [0.1, 0.15) is 0 Å². The zero-order valence-corrected chi connectivity index (χ0v) is 13.1. The minimum absolute atomic E-state index is 0.0475. The van der Waals surface area contributed by atoms with E-state index in [0.29, 0.717) is 6.54 Å². The summed E-state index contributed by atoms with van der Waals surface area (Å²) >= 11 is 0. The predicted molar refractivity (Wildman–Crippen MR) is 77.1 cm³/mol. The summed E-state index contributed by atoms with van der Waals surface area (Å²) in [5.41, 5.74) is 3.22. The molecule has 2 N–H and O–H groups in total. The Morgan fingerprint density at radius 3 is 2.37 bits per heavy atom. The highest BCUT2D eigenvalue weighted by molar-refractivity contribution is 5.74. The number of rotatable bonds is 3. The Kier molecular flexibility index (Phi) is 4.61. The quantitative estimate of drug-likeness (QED) is 0.883. The number of nitrogens with zero attached hydrogens (tertiary/aromatic N) is 2. The molecule has 5 nitrogen and oxygen atoms in total. The van der Waals surface area contributed by atoms with Crippen LogP contribution in [0, 0.1) is 19.3 Å². The van der Waals surface area contributed by atoms with Crippen molar-refractivity contribution < 1.29 is 4.79 Å². The van der Waals surface area contributed by atoms with Crippen molar-refractivity contribution in [3.63, 3.8) is 0 Å². The van der Waals surface area contributed by atoms with Crippen molar-refractivity contribution in [1.29, 1.82) is 0 Å². The first-order valence-electron chi connectivity index (χ1n) is 6.66. The van der Waals surface area contributed by atoms with Crippen LogP contribution in [0.1, 0.15) is 50.7 Å². The molecule has 1 aromatic heterocycles. The number of aryl methyl sites for hydroxylation is 2. The van der Waals surface area contributed by atoms with E-state index in [1.54, 1.807) is 0 Å². The first-order valence-corrected chi connectivity index (χ1v) is 6.66. The molecule has 1 heterocycles. The van der Waals surface area contributed by atoms with Crippen LogP contribution in [0.25, 0.3) is 0 Å². The lowest BCUT2D eigenvalue weighted by Gasteiger charge is -2.21. The highest BCUT2D eigenvalue weighted by Crippen LogP contribution is 2.20. The average Bonchev–Trinajstić information content (AvgIpc) is 2.49. The van der Waals surface area contributed by atoms with Crippen LogP contribution in [0.15, 0.2) is 0 Å². The van der Waals surface area contributed by atoms with Crippen molar-refractivity contribution in [3.8, 4) is 0 Å². The second-order valence-electron chi connectivity index (χ2n) is 6.32. The maximum absolute atomic E-state index is 11.9. The van der Waals surface area contributed by atoms with Crippen LogP contribution in [-0.2, 0) is 7.05 Å². The summed E-state index contributed by atoms with van der Waals surface area (Å²) in [4.78, 5) is 11.9. The van der Waals surface area contributed by atoms with Crippen molar-refractivity contribution in [3.05, 3.63) is 17.0 Å². The molecule has 1 unspecified atom stereocenters. The molecule has 1 atom stereocenters. The van der Waals surface area contributed by atoms with Gasteiger partial charge in [0, 0.05) is 24.8 Å². The van der Waals surface area contributed by atoms with E-state index in [1.807, 2.05) is 32.5 Å². The summed E-state index contributed by atoms with van der Waals surface area (Å²) in [7, 11) is 1.91. The summed E-state index contributed by atoms with van der Waals surface area (Å²) < 4.78 is 1.84. The number of nitrogens with one attached hydrogen (secondary N) is 2. The van der Waals surface area contributed by atoms with Gasteiger partial charge in [-0.25, -0.2) is 4.79 Å². The van der Waals surface area contributed by atoms with Crippen molar-refractivity contribution >= 4 is 6.03 Å². The number of carbonyl (C=O) groups excluding carboxylic acids is 1. The molecule has 0 bridgehead atoms. The van der Waals surface area contributed by atoms with E-state index in [1.165, 1.54) is 0 Å². The van der Waals surface area contributed by atoms with Gasteiger partial charge in [0.15, 0.2) is 0 Å². The van der Waals surface area contributed by atoms with Crippen LogP contribution in [0.3, 0.4) is 0 Å². The van der Waals surface area contributed by atoms with E-state index in [2.05, 4.69) is 36.5 Å². The predicted octanol–water partition coefficient (Wildman–Crippen LogP) is 2.44. The summed E-state index contributed by atoms with van der Waals surface area (Å²) in [5.74, 6) is 0. The fourth-order valence-electron chi connectivity index (χ4n) is 2.08. The molecule has 0 radical (unpaired) electrons. The minimum atomic E-state index is -0.134. The largest absolute Gasteiger partial charge is 0.338 e. The number of aromatic nitrogens is 2. The Morgan fingerprint density at radius 2 is 1.95 bits per heavy atom. The molecular weight excluding hydrogens is 240 g/mol. The number of hydrogen-bond donors (Lipinski definition) is 2. The summed E-state index contributed by atoms with van der Waals surface area (Å²) in [6.07, 6.45) is 0. The lowest BCUT2D eigenvalue weighted by Crippen LogP contribution is -2.41. The van der Waals surface area contributed by atoms with E-state index >= 15 is 0 Å². The van der Waals surface area contributed by atoms with Gasteiger partial charge in [-0.05, 0) is 26.2 Å². The smallest absolute Gasteiger partial charge is 0.315 e. The van der Waals surface area contributed by atoms with Crippen LogP contribution < -0.4 is 10.6 Å². The van der Waals surface area contributed by atoms with Crippen molar-refractivity contribution in [2.45, 2.75) is 47.6 Å². The third-order valence-corrected chi connectivity index (χ3v) is 3.12. The molecule has 0 aliphatic rings. The molecule has 0 aliphatic carbocycles. The average molecular weight is 266 g/mol. The first kappa shape index (κ1) is 15.5. The van der Waals surface area contributed by atoms with Gasteiger partial charge < -0.3 is 10.6 Å². The maximum atomic E-state index is 11.9. The number of hydrogen-bond acceptors (Lipinski definition) is 2. The highest BCUT2D eigenvalue weighted by atomic mass is 16.2. The molecule has 1 rings (SSSR count). The Balaban J connectivity index is 2.64. The zero-order chi connectivity index (χ0) is 14.8. The summed E-state index contributed by atoms with van der Waals surface area (Å²) in [5, 5.41) is 10.2. The van der Waals surface area contributed by atoms with Gasteiger partial charge in [-0.2, -0.15) is 5.10 Å². The lowest BCUT2D eigenvalue weighted by atomic mass is 9.97. The summed E-state index contributed by atoms with van der Waals surface area (Å²) in [6.45, 7) is 12.9. The second kappa shape index (κ2) is 5.63. The Bertz CT molecular complexity index is 457. The molecule has 0 saturated heterocycles. The standard InChI is InChI=1S/C14H26N4O/c1-9(12-10(2)17-18(7)11(12)3)16-13(19)15-8-14(4,5)6/h9H,8H2,1-7H3,(H2,15,16,19). The highest BCUT2D eigenvalue weighted by Gasteiger charge is 2.19. The van der Waals surface area contributed by atoms with Gasteiger partial charge in [0.25, 0.3) is 0 Å². The van der Waals surface area contributed by atoms with Crippen LogP contribution in [0.2, 0.25) is 0 Å². The molecule has 0 saturated carbocycles.